The molecule has 0 aliphatic carbocycles. The number of amides is 2. The highest BCUT2D eigenvalue weighted by Gasteiger charge is 2.28. The van der Waals surface area contributed by atoms with Crippen LogP contribution in [-0.2, 0) is 9.59 Å². The van der Waals surface area contributed by atoms with Crippen molar-refractivity contribution in [2.24, 2.45) is 0 Å². The van der Waals surface area contributed by atoms with E-state index in [2.05, 4.69) is 16.0 Å². The highest BCUT2D eigenvalue weighted by molar-refractivity contribution is 8.24. The van der Waals surface area contributed by atoms with Crippen LogP contribution in [0.3, 0.4) is 0 Å². The van der Waals surface area contributed by atoms with Crippen molar-refractivity contribution >= 4 is 51.5 Å². The summed E-state index contributed by atoms with van der Waals surface area (Å²) in [5, 5.41) is 8.26. The first kappa shape index (κ1) is 13.8. The molecule has 2 amide bonds. The lowest BCUT2D eigenvalue weighted by Gasteiger charge is -2.10. The average Bonchev–Trinajstić information content (AvgIpc) is 2.66. The Morgan fingerprint density at radius 1 is 1.37 bits per heavy atom. The van der Waals surface area contributed by atoms with Crippen LogP contribution in [0.4, 0.5) is 11.4 Å². The van der Waals surface area contributed by atoms with E-state index in [1.165, 1.54) is 18.7 Å². The third-order valence-corrected chi connectivity index (χ3v) is 3.84. The van der Waals surface area contributed by atoms with Gasteiger partial charge in [-0.3, -0.25) is 9.59 Å². The first-order valence-electron chi connectivity index (χ1n) is 5.67. The zero-order chi connectivity index (χ0) is 13.8. The summed E-state index contributed by atoms with van der Waals surface area (Å²) in [6.45, 7) is 1.97. The molecule has 0 bridgehead atoms. The van der Waals surface area contributed by atoms with Crippen molar-refractivity contribution < 1.29 is 9.59 Å². The van der Waals surface area contributed by atoms with Gasteiger partial charge >= 0.3 is 0 Å². The van der Waals surface area contributed by atoms with Crippen LogP contribution in [0.25, 0.3) is 0 Å². The number of thioether (sulfide) groups is 1. The maximum absolute atomic E-state index is 11.5. The number of nitrogens with one attached hydrogen (secondary N) is 3. The lowest BCUT2D eigenvalue weighted by Crippen LogP contribution is -2.28. The molecule has 7 heteroatoms. The number of rotatable bonds is 4. The quantitative estimate of drug-likeness (QED) is 0.736. The minimum Gasteiger partial charge on any atom is -0.383 e. The number of carbonyl (C=O) groups excluding carboxylic acids is 2. The molecule has 0 spiro atoms. The fourth-order valence-electron chi connectivity index (χ4n) is 1.61. The highest BCUT2D eigenvalue weighted by atomic mass is 32.2. The topological polar surface area (TPSA) is 70.2 Å². The Morgan fingerprint density at radius 3 is 2.53 bits per heavy atom. The third-order valence-electron chi connectivity index (χ3n) is 2.46. The van der Waals surface area contributed by atoms with Crippen LogP contribution in [-0.4, -0.2) is 27.9 Å². The van der Waals surface area contributed by atoms with Gasteiger partial charge in [0.25, 0.3) is 0 Å². The molecule has 1 atom stereocenters. The summed E-state index contributed by atoms with van der Waals surface area (Å²) in [7, 11) is 0. The Morgan fingerprint density at radius 2 is 2.00 bits per heavy atom. The van der Waals surface area contributed by atoms with E-state index < -0.39 is 0 Å². The molecule has 0 aromatic heterocycles. The maximum atomic E-state index is 11.5. The molecule has 1 aliphatic heterocycles. The average molecular weight is 295 g/mol. The van der Waals surface area contributed by atoms with Crippen molar-refractivity contribution in [3.05, 3.63) is 24.3 Å². The first-order valence-corrected chi connectivity index (χ1v) is 6.96. The molecule has 1 aromatic carbocycles. The van der Waals surface area contributed by atoms with Crippen LogP contribution in [0.2, 0.25) is 0 Å². The fraction of sp³-hybridized carbons (Fsp3) is 0.250. The van der Waals surface area contributed by atoms with Gasteiger partial charge in [0.1, 0.15) is 9.57 Å². The summed E-state index contributed by atoms with van der Waals surface area (Å²) >= 11 is 6.28. The number of hydrogen-bond acceptors (Lipinski definition) is 5. The summed E-state index contributed by atoms with van der Waals surface area (Å²) in [5.74, 6) is -0.161. The minimum absolute atomic E-state index is 0.0580. The smallest absolute Gasteiger partial charge is 0.240 e. The molecule has 2 rings (SSSR count). The zero-order valence-electron chi connectivity index (χ0n) is 10.2. The van der Waals surface area contributed by atoms with E-state index in [1.807, 2.05) is 12.1 Å². The Labute approximate surface area is 120 Å². The van der Waals surface area contributed by atoms with Gasteiger partial charge in [-0.05, 0) is 24.3 Å². The van der Waals surface area contributed by atoms with Gasteiger partial charge in [-0.2, -0.15) is 0 Å². The second-order valence-corrected chi connectivity index (χ2v) is 5.90. The van der Waals surface area contributed by atoms with E-state index in [9.17, 15) is 9.59 Å². The van der Waals surface area contributed by atoms with Crippen molar-refractivity contribution in [2.75, 3.05) is 17.2 Å². The molecule has 1 saturated heterocycles. The molecular weight excluding hydrogens is 282 g/mol. The van der Waals surface area contributed by atoms with Crippen LogP contribution in [0, 0.1) is 0 Å². The highest BCUT2D eigenvalue weighted by Crippen LogP contribution is 2.20. The summed E-state index contributed by atoms with van der Waals surface area (Å²) in [5.41, 5.74) is 1.63. The lowest BCUT2D eigenvalue weighted by molar-refractivity contribution is -0.118. The normalized spacial score (nSPS) is 18.1. The van der Waals surface area contributed by atoms with E-state index in [0.717, 1.165) is 11.4 Å². The van der Waals surface area contributed by atoms with Gasteiger partial charge in [0, 0.05) is 24.8 Å². The van der Waals surface area contributed by atoms with E-state index in [4.69, 9.17) is 12.2 Å². The van der Waals surface area contributed by atoms with Gasteiger partial charge in [-0.1, -0.05) is 24.0 Å². The van der Waals surface area contributed by atoms with Crippen LogP contribution in [0.1, 0.15) is 6.92 Å². The minimum atomic E-state index is -0.192. The summed E-state index contributed by atoms with van der Waals surface area (Å²) < 4.78 is 0.526. The molecule has 1 aliphatic rings. The number of anilines is 2. The predicted octanol–water partition coefficient (Wildman–Crippen LogP) is 1.57. The molecule has 0 unspecified atom stereocenters. The van der Waals surface area contributed by atoms with Crippen LogP contribution >= 0.6 is 24.0 Å². The van der Waals surface area contributed by atoms with Crippen molar-refractivity contribution in [3.63, 3.8) is 0 Å². The summed E-state index contributed by atoms with van der Waals surface area (Å²) in [6, 6.07) is 7.30. The van der Waals surface area contributed by atoms with Gasteiger partial charge in [0.15, 0.2) is 0 Å². The van der Waals surface area contributed by atoms with Crippen molar-refractivity contribution in [3.8, 4) is 0 Å². The van der Waals surface area contributed by atoms with E-state index >= 15 is 0 Å². The fourth-order valence-corrected chi connectivity index (χ4v) is 2.81. The molecule has 0 radical (unpaired) electrons. The van der Waals surface area contributed by atoms with E-state index in [0.29, 0.717) is 10.9 Å². The first-order chi connectivity index (χ1) is 9.04. The van der Waals surface area contributed by atoms with Gasteiger partial charge in [0.2, 0.25) is 11.8 Å². The second-order valence-electron chi connectivity index (χ2n) is 4.02. The third kappa shape index (κ3) is 3.93. The molecule has 0 saturated carbocycles. The van der Waals surface area contributed by atoms with Gasteiger partial charge in [-0.25, -0.2) is 0 Å². The largest absolute Gasteiger partial charge is 0.383 e. The summed E-state index contributed by atoms with van der Waals surface area (Å²) in [6.07, 6.45) is 0. The SMILES string of the molecule is CC(=O)Nc1ccc(NC[C@@H]2SC(=S)NC2=O)cc1. The molecule has 1 heterocycles. The molecule has 5 nitrogen and oxygen atoms in total. The van der Waals surface area contributed by atoms with Crippen molar-refractivity contribution in [2.45, 2.75) is 12.2 Å². The predicted molar refractivity (Wildman–Crippen MR) is 81.4 cm³/mol. The van der Waals surface area contributed by atoms with E-state index in [-0.39, 0.29) is 17.1 Å². The van der Waals surface area contributed by atoms with Gasteiger partial charge in [0.05, 0.1) is 0 Å². The van der Waals surface area contributed by atoms with Crippen LogP contribution in [0.15, 0.2) is 24.3 Å². The number of benzene rings is 1. The standard InChI is InChI=1S/C12H13N3O2S2/c1-7(16)14-9-4-2-8(3-5-9)13-6-10-11(17)15-12(18)19-10/h2-5,10,13H,6H2,1H3,(H,14,16)(H,15,17,18)/t10-/m0/s1. The van der Waals surface area contributed by atoms with Gasteiger partial charge < -0.3 is 16.0 Å². The zero-order valence-corrected chi connectivity index (χ0v) is 11.9. The van der Waals surface area contributed by atoms with Crippen LogP contribution < -0.4 is 16.0 Å². The Bertz CT molecular complexity index is 516. The van der Waals surface area contributed by atoms with Crippen molar-refractivity contribution in [1.82, 2.24) is 5.32 Å². The molecule has 3 N–H and O–H groups in total. The van der Waals surface area contributed by atoms with Crippen molar-refractivity contribution in [1.29, 1.82) is 0 Å². The van der Waals surface area contributed by atoms with Gasteiger partial charge in [-0.15, -0.1) is 0 Å². The van der Waals surface area contributed by atoms with E-state index in [1.54, 1.807) is 12.1 Å². The lowest BCUT2D eigenvalue weighted by atomic mass is 10.2. The Balaban J connectivity index is 1.88. The number of hydrogen-bond donors (Lipinski definition) is 3. The second kappa shape index (κ2) is 6.03. The molecule has 1 fully saturated rings. The monoisotopic (exact) mass is 295 g/mol. The molecular formula is C12H13N3O2S2. The Kier molecular flexibility index (Phi) is 4.39. The van der Waals surface area contributed by atoms with Crippen LogP contribution in [0.5, 0.6) is 0 Å². The number of carbonyl (C=O) groups is 2. The summed E-state index contributed by atoms with van der Waals surface area (Å²) in [4.78, 5) is 22.4. The molecule has 1 aromatic rings. The molecule has 19 heavy (non-hydrogen) atoms. The maximum Gasteiger partial charge on any atom is 0.240 e. The number of thiocarbonyl (C=S) groups is 1. The Hall–Kier alpha value is -1.60. The molecule has 100 valence electrons.